The van der Waals surface area contributed by atoms with E-state index in [4.69, 9.17) is 5.73 Å². The van der Waals surface area contributed by atoms with Gasteiger partial charge < -0.3 is 15.7 Å². The Kier molecular flexibility index (Phi) is 3.75. The van der Waals surface area contributed by atoms with Gasteiger partial charge in [-0.3, -0.25) is 0 Å². The van der Waals surface area contributed by atoms with Crippen molar-refractivity contribution in [1.29, 1.82) is 0 Å². The number of hydrogen-bond donors (Lipinski definition) is 2. The van der Waals surface area contributed by atoms with E-state index in [1.807, 2.05) is 17.5 Å². The predicted molar refractivity (Wildman–Crippen MR) is 62.9 cm³/mol. The third-order valence-electron chi connectivity index (χ3n) is 2.93. The molecule has 2 rings (SSSR count). The van der Waals surface area contributed by atoms with Gasteiger partial charge in [-0.05, 0) is 37.4 Å². The monoisotopic (exact) mass is 226 g/mol. The van der Waals surface area contributed by atoms with Crippen molar-refractivity contribution in [3.63, 3.8) is 0 Å². The molecular weight excluding hydrogens is 208 g/mol. The van der Waals surface area contributed by atoms with Crippen molar-refractivity contribution < 1.29 is 5.11 Å². The molecule has 1 saturated heterocycles. The number of aliphatic hydroxyl groups excluding tert-OH is 1. The van der Waals surface area contributed by atoms with E-state index in [1.165, 1.54) is 0 Å². The van der Waals surface area contributed by atoms with Crippen LogP contribution in [0.3, 0.4) is 0 Å². The Bertz CT molecular complexity index is 281. The molecule has 1 fully saturated rings. The summed E-state index contributed by atoms with van der Waals surface area (Å²) >= 11 is 1.62. The van der Waals surface area contributed by atoms with Gasteiger partial charge in [0.15, 0.2) is 0 Å². The van der Waals surface area contributed by atoms with Crippen LogP contribution >= 0.6 is 11.3 Å². The molecular formula is C11H18N2OS. The third-order valence-corrected chi connectivity index (χ3v) is 3.91. The number of β-amino-alcohol motifs (C(OH)–C–C–N with tert-alkyl or cyclic N) is 1. The van der Waals surface area contributed by atoms with E-state index in [0.29, 0.717) is 6.04 Å². The topological polar surface area (TPSA) is 49.5 Å². The number of rotatable bonds is 3. The highest BCUT2D eigenvalue weighted by molar-refractivity contribution is 7.10. The van der Waals surface area contributed by atoms with Crippen molar-refractivity contribution in [2.75, 3.05) is 19.6 Å². The summed E-state index contributed by atoms with van der Waals surface area (Å²) in [4.78, 5) is 3.36. The average molecular weight is 226 g/mol. The minimum Gasteiger partial charge on any atom is -0.386 e. The Morgan fingerprint density at radius 1 is 1.53 bits per heavy atom. The lowest BCUT2D eigenvalue weighted by molar-refractivity contribution is 0.1000. The van der Waals surface area contributed by atoms with Gasteiger partial charge in [0.05, 0.1) is 0 Å². The van der Waals surface area contributed by atoms with Gasteiger partial charge in [-0.2, -0.15) is 0 Å². The number of hydrogen-bond acceptors (Lipinski definition) is 4. The van der Waals surface area contributed by atoms with Crippen LogP contribution in [0.5, 0.6) is 0 Å². The second-order valence-electron chi connectivity index (χ2n) is 4.17. The van der Waals surface area contributed by atoms with Gasteiger partial charge in [0.1, 0.15) is 6.10 Å². The molecule has 0 aromatic carbocycles. The van der Waals surface area contributed by atoms with E-state index in [9.17, 15) is 5.11 Å². The second-order valence-corrected chi connectivity index (χ2v) is 5.15. The van der Waals surface area contributed by atoms with Gasteiger partial charge in [-0.1, -0.05) is 6.07 Å². The molecule has 1 aromatic rings. The minimum atomic E-state index is -0.334. The van der Waals surface area contributed by atoms with Crippen LogP contribution in [-0.2, 0) is 0 Å². The molecule has 1 aliphatic rings. The zero-order valence-electron chi connectivity index (χ0n) is 8.80. The molecule has 1 unspecified atom stereocenters. The molecule has 0 saturated carbocycles. The Balaban J connectivity index is 1.82. The maximum absolute atomic E-state index is 9.97. The van der Waals surface area contributed by atoms with Gasteiger partial charge in [-0.15, -0.1) is 11.3 Å². The Morgan fingerprint density at radius 3 is 2.87 bits per heavy atom. The lowest BCUT2D eigenvalue weighted by Crippen LogP contribution is -2.41. The summed E-state index contributed by atoms with van der Waals surface area (Å²) in [5.74, 6) is 0. The number of aliphatic hydroxyl groups is 1. The maximum atomic E-state index is 9.97. The SMILES string of the molecule is NC1CCN(CC(O)c2cccs2)CC1. The summed E-state index contributed by atoms with van der Waals surface area (Å²) in [5.41, 5.74) is 5.84. The van der Waals surface area contributed by atoms with Crippen LogP contribution in [0.25, 0.3) is 0 Å². The van der Waals surface area contributed by atoms with E-state index in [2.05, 4.69) is 4.90 Å². The standard InChI is InChI=1S/C11H18N2OS/c12-9-3-5-13(6-4-9)8-10(14)11-2-1-7-15-11/h1-2,7,9-10,14H,3-6,8,12H2. The smallest absolute Gasteiger partial charge is 0.101 e. The van der Waals surface area contributed by atoms with Crippen molar-refractivity contribution in [3.05, 3.63) is 22.4 Å². The first-order chi connectivity index (χ1) is 7.25. The Morgan fingerprint density at radius 2 is 2.27 bits per heavy atom. The molecule has 0 amide bonds. The number of nitrogens with two attached hydrogens (primary N) is 1. The Hall–Kier alpha value is -0.420. The summed E-state index contributed by atoms with van der Waals surface area (Å²) in [6, 6.07) is 4.33. The highest BCUT2D eigenvalue weighted by Crippen LogP contribution is 2.21. The fourth-order valence-electron chi connectivity index (χ4n) is 1.95. The van der Waals surface area contributed by atoms with Crippen LogP contribution < -0.4 is 5.73 Å². The van der Waals surface area contributed by atoms with Crippen molar-refractivity contribution in [2.45, 2.75) is 25.0 Å². The highest BCUT2D eigenvalue weighted by Gasteiger charge is 2.19. The summed E-state index contributed by atoms with van der Waals surface area (Å²) in [6.07, 6.45) is 1.77. The minimum absolute atomic E-state index is 0.334. The molecule has 1 aromatic heterocycles. The first-order valence-corrected chi connectivity index (χ1v) is 6.33. The number of nitrogens with zero attached hydrogens (tertiary/aromatic N) is 1. The van der Waals surface area contributed by atoms with Crippen molar-refractivity contribution in [1.82, 2.24) is 4.90 Å². The lowest BCUT2D eigenvalue weighted by Gasteiger charge is -2.31. The average Bonchev–Trinajstić information content (AvgIpc) is 2.74. The van der Waals surface area contributed by atoms with Crippen LogP contribution in [0.15, 0.2) is 17.5 Å². The van der Waals surface area contributed by atoms with Crippen LogP contribution in [0.2, 0.25) is 0 Å². The van der Waals surface area contributed by atoms with Gasteiger partial charge in [0.2, 0.25) is 0 Å². The summed E-state index contributed by atoms with van der Waals surface area (Å²) in [5, 5.41) is 12.0. The van der Waals surface area contributed by atoms with Crippen molar-refractivity contribution >= 4 is 11.3 Å². The third kappa shape index (κ3) is 3.01. The van der Waals surface area contributed by atoms with Crippen LogP contribution in [0, 0.1) is 0 Å². The van der Waals surface area contributed by atoms with Crippen molar-refractivity contribution in [3.8, 4) is 0 Å². The molecule has 0 spiro atoms. The fraction of sp³-hybridized carbons (Fsp3) is 0.636. The first kappa shape index (κ1) is 11.1. The molecule has 3 N–H and O–H groups in total. The summed E-state index contributed by atoms with van der Waals surface area (Å²) < 4.78 is 0. The van der Waals surface area contributed by atoms with Gasteiger partial charge in [-0.25, -0.2) is 0 Å². The lowest BCUT2D eigenvalue weighted by atomic mass is 10.1. The first-order valence-electron chi connectivity index (χ1n) is 5.45. The van der Waals surface area contributed by atoms with E-state index >= 15 is 0 Å². The molecule has 1 atom stereocenters. The Labute approximate surface area is 94.5 Å². The summed E-state index contributed by atoms with van der Waals surface area (Å²) in [6.45, 7) is 2.78. The van der Waals surface area contributed by atoms with E-state index in [1.54, 1.807) is 11.3 Å². The molecule has 2 heterocycles. The predicted octanol–water partition coefficient (Wildman–Crippen LogP) is 1.20. The van der Waals surface area contributed by atoms with Gasteiger partial charge in [0.25, 0.3) is 0 Å². The van der Waals surface area contributed by atoms with Crippen molar-refractivity contribution in [2.24, 2.45) is 5.73 Å². The molecule has 0 bridgehead atoms. The van der Waals surface area contributed by atoms with Gasteiger partial charge >= 0.3 is 0 Å². The maximum Gasteiger partial charge on any atom is 0.101 e. The molecule has 0 radical (unpaired) electrons. The second kappa shape index (κ2) is 5.07. The molecule has 4 heteroatoms. The largest absolute Gasteiger partial charge is 0.386 e. The molecule has 0 aliphatic carbocycles. The van der Waals surface area contributed by atoms with Gasteiger partial charge in [0, 0.05) is 17.5 Å². The zero-order chi connectivity index (χ0) is 10.7. The van der Waals surface area contributed by atoms with Crippen LogP contribution in [-0.4, -0.2) is 35.7 Å². The fourth-order valence-corrected chi connectivity index (χ4v) is 2.65. The van der Waals surface area contributed by atoms with Crippen LogP contribution in [0.1, 0.15) is 23.8 Å². The van der Waals surface area contributed by atoms with E-state index < -0.39 is 0 Å². The zero-order valence-corrected chi connectivity index (χ0v) is 9.62. The quantitative estimate of drug-likeness (QED) is 0.814. The highest BCUT2D eigenvalue weighted by atomic mass is 32.1. The molecule has 84 valence electrons. The number of thiophene rings is 1. The molecule has 15 heavy (non-hydrogen) atoms. The van der Waals surface area contributed by atoms with E-state index in [0.717, 1.165) is 37.4 Å². The molecule has 3 nitrogen and oxygen atoms in total. The number of likely N-dealkylation sites (tertiary alicyclic amines) is 1. The van der Waals surface area contributed by atoms with Crippen LogP contribution in [0.4, 0.5) is 0 Å². The normalized spacial score (nSPS) is 21.7. The molecule has 1 aliphatic heterocycles. The summed E-state index contributed by atoms with van der Waals surface area (Å²) in [7, 11) is 0. The van der Waals surface area contributed by atoms with E-state index in [-0.39, 0.29) is 6.10 Å². The number of piperidine rings is 1.